The third kappa shape index (κ3) is 1.95. The maximum Gasteiger partial charge on any atom is 0.335 e. The van der Waals surface area contributed by atoms with Gasteiger partial charge in [0.2, 0.25) is 6.86 Å². The Labute approximate surface area is 68.4 Å². The van der Waals surface area contributed by atoms with Crippen LogP contribution in [0.15, 0.2) is 24.3 Å². The first kappa shape index (κ1) is 8.52. The second-order valence-corrected chi connectivity index (χ2v) is 2.08. The molecule has 3 nitrogen and oxygen atoms in total. The van der Waals surface area contributed by atoms with Crippen molar-refractivity contribution in [2.24, 2.45) is 0 Å². The number of carboxylic acids is 1. The fourth-order valence-electron chi connectivity index (χ4n) is 0.757. The van der Waals surface area contributed by atoms with Gasteiger partial charge in [0.25, 0.3) is 0 Å². The number of rotatable bonds is 3. The molecule has 4 heteroatoms. The maximum absolute atomic E-state index is 11.6. The molecule has 0 aliphatic heterocycles. The molecule has 12 heavy (non-hydrogen) atoms. The van der Waals surface area contributed by atoms with Gasteiger partial charge in [0.05, 0.1) is 5.56 Å². The van der Waals surface area contributed by atoms with Crippen LogP contribution in [0, 0.1) is 0 Å². The van der Waals surface area contributed by atoms with E-state index in [-0.39, 0.29) is 5.56 Å². The van der Waals surface area contributed by atoms with Crippen LogP contribution in [0.25, 0.3) is 0 Å². The summed E-state index contributed by atoms with van der Waals surface area (Å²) in [6, 6.07) is 5.52. The van der Waals surface area contributed by atoms with Crippen LogP contribution in [0.5, 0.6) is 5.75 Å². The predicted molar refractivity (Wildman–Crippen MR) is 40.0 cm³/mol. The van der Waals surface area contributed by atoms with Crippen molar-refractivity contribution in [3.63, 3.8) is 0 Å². The molecule has 0 unspecified atom stereocenters. The van der Waals surface area contributed by atoms with E-state index >= 15 is 0 Å². The molecule has 0 atom stereocenters. The highest BCUT2D eigenvalue weighted by Crippen LogP contribution is 2.11. The number of carbonyl (C=O) groups is 1. The zero-order chi connectivity index (χ0) is 8.97. The summed E-state index contributed by atoms with van der Waals surface area (Å²) in [6.07, 6.45) is 0. The Bertz CT molecular complexity index is 268. The van der Waals surface area contributed by atoms with Gasteiger partial charge in [0, 0.05) is 0 Å². The van der Waals surface area contributed by atoms with E-state index in [0.717, 1.165) is 0 Å². The first-order valence-corrected chi connectivity index (χ1v) is 3.26. The van der Waals surface area contributed by atoms with Crippen molar-refractivity contribution in [1.82, 2.24) is 0 Å². The molecule has 1 N–H and O–H groups in total. The number of benzene rings is 1. The van der Waals surface area contributed by atoms with Crippen molar-refractivity contribution in [3.8, 4) is 5.75 Å². The summed E-state index contributed by atoms with van der Waals surface area (Å²) >= 11 is 0. The smallest absolute Gasteiger partial charge is 0.335 e. The Hall–Kier alpha value is -1.58. The molecular formula is C8H7FO3. The van der Waals surface area contributed by atoms with E-state index < -0.39 is 12.8 Å². The number of ether oxygens (including phenoxy) is 1. The minimum absolute atomic E-state index is 0.154. The fourth-order valence-corrected chi connectivity index (χ4v) is 0.757. The van der Waals surface area contributed by atoms with Crippen LogP contribution in [-0.4, -0.2) is 17.9 Å². The van der Waals surface area contributed by atoms with Crippen LogP contribution < -0.4 is 4.74 Å². The Morgan fingerprint density at radius 3 is 2.42 bits per heavy atom. The summed E-state index contributed by atoms with van der Waals surface area (Å²) in [7, 11) is 0. The maximum atomic E-state index is 11.6. The summed E-state index contributed by atoms with van der Waals surface area (Å²) in [4.78, 5) is 10.4. The highest BCUT2D eigenvalue weighted by molar-refractivity contribution is 5.87. The molecule has 0 saturated heterocycles. The Kier molecular flexibility index (Phi) is 2.63. The lowest BCUT2D eigenvalue weighted by atomic mass is 10.2. The van der Waals surface area contributed by atoms with Gasteiger partial charge in [-0.2, -0.15) is 0 Å². The van der Waals surface area contributed by atoms with Crippen molar-refractivity contribution < 1.29 is 19.0 Å². The van der Waals surface area contributed by atoms with Crippen LogP contribution in [0.4, 0.5) is 4.39 Å². The monoisotopic (exact) mass is 170 g/mol. The topological polar surface area (TPSA) is 46.5 Å². The third-order valence-corrected chi connectivity index (χ3v) is 1.32. The number of hydrogen-bond donors (Lipinski definition) is 1. The molecule has 64 valence electrons. The second kappa shape index (κ2) is 3.71. The number of hydrogen-bond acceptors (Lipinski definition) is 2. The number of carboxylic acid groups (broad SMARTS) is 1. The predicted octanol–water partition coefficient (Wildman–Crippen LogP) is 1.69. The summed E-state index contributed by atoms with van der Waals surface area (Å²) in [5.74, 6) is -0.690. The zero-order valence-electron chi connectivity index (χ0n) is 6.16. The number of halogens is 1. The summed E-state index contributed by atoms with van der Waals surface area (Å²) < 4.78 is 16.1. The molecule has 0 aliphatic carbocycles. The normalized spacial score (nSPS) is 9.42. The molecule has 0 amide bonds. The van der Waals surface area contributed by atoms with Crippen LogP contribution in [0.2, 0.25) is 0 Å². The van der Waals surface area contributed by atoms with Crippen LogP contribution >= 0.6 is 0 Å². The minimum Gasteiger partial charge on any atom is -0.478 e. The molecule has 0 aliphatic rings. The van der Waals surface area contributed by atoms with Crippen LogP contribution in [0.1, 0.15) is 10.4 Å². The van der Waals surface area contributed by atoms with Gasteiger partial charge >= 0.3 is 5.97 Å². The molecule has 0 fully saturated rings. The standard InChI is InChI=1S/C8H7FO3/c9-5-12-7-3-1-6(2-4-7)8(10)11/h1-4H,5H2,(H,10,11). The van der Waals surface area contributed by atoms with Crippen LogP contribution in [0.3, 0.4) is 0 Å². The molecule has 0 saturated carbocycles. The minimum atomic E-state index is -1.01. The average Bonchev–Trinajstić information content (AvgIpc) is 2.06. The quantitative estimate of drug-likeness (QED) is 0.750. The summed E-state index contributed by atoms with van der Waals surface area (Å²) in [6.45, 7) is -0.910. The van der Waals surface area contributed by atoms with Gasteiger partial charge in [-0.05, 0) is 24.3 Å². The summed E-state index contributed by atoms with van der Waals surface area (Å²) in [5, 5.41) is 8.49. The van der Waals surface area contributed by atoms with Crippen molar-refractivity contribution >= 4 is 5.97 Å². The first-order valence-electron chi connectivity index (χ1n) is 3.26. The van der Waals surface area contributed by atoms with Gasteiger partial charge in [-0.3, -0.25) is 0 Å². The SMILES string of the molecule is O=C(O)c1ccc(OCF)cc1. The molecule has 1 aromatic rings. The first-order chi connectivity index (χ1) is 5.74. The second-order valence-electron chi connectivity index (χ2n) is 2.08. The van der Waals surface area contributed by atoms with E-state index in [2.05, 4.69) is 4.74 Å². The van der Waals surface area contributed by atoms with E-state index in [4.69, 9.17) is 5.11 Å². The Morgan fingerprint density at radius 1 is 1.42 bits per heavy atom. The molecule has 1 aromatic carbocycles. The largest absolute Gasteiger partial charge is 0.478 e. The van der Waals surface area contributed by atoms with Gasteiger partial charge in [-0.25, -0.2) is 9.18 Å². The van der Waals surface area contributed by atoms with E-state index in [9.17, 15) is 9.18 Å². The van der Waals surface area contributed by atoms with Crippen molar-refractivity contribution in [1.29, 1.82) is 0 Å². The van der Waals surface area contributed by atoms with Gasteiger partial charge in [0.15, 0.2) is 0 Å². The molecule has 0 aromatic heterocycles. The highest BCUT2D eigenvalue weighted by Gasteiger charge is 2.01. The Balaban J connectivity index is 2.78. The Morgan fingerprint density at radius 2 is 2.00 bits per heavy atom. The van der Waals surface area contributed by atoms with Crippen molar-refractivity contribution in [2.45, 2.75) is 0 Å². The lowest BCUT2D eigenvalue weighted by Crippen LogP contribution is -1.96. The van der Waals surface area contributed by atoms with E-state index in [1.54, 1.807) is 0 Å². The van der Waals surface area contributed by atoms with Crippen molar-refractivity contribution in [2.75, 3.05) is 6.86 Å². The summed E-state index contributed by atoms with van der Waals surface area (Å²) in [5.41, 5.74) is 0.154. The van der Waals surface area contributed by atoms with E-state index in [1.807, 2.05) is 0 Å². The van der Waals surface area contributed by atoms with E-state index in [0.29, 0.717) is 5.75 Å². The zero-order valence-corrected chi connectivity index (χ0v) is 6.16. The van der Waals surface area contributed by atoms with Crippen molar-refractivity contribution in [3.05, 3.63) is 29.8 Å². The lowest BCUT2D eigenvalue weighted by Gasteiger charge is -1.99. The number of aromatic carboxylic acids is 1. The van der Waals surface area contributed by atoms with E-state index in [1.165, 1.54) is 24.3 Å². The van der Waals surface area contributed by atoms with Crippen LogP contribution in [-0.2, 0) is 0 Å². The highest BCUT2D eigenvalue weighted by atomic mass is 19.1. The molecular weight excluding hydrogens is 163 g/mol. The fraction of sp³-hybridized carbons (Fsp3) is 0.125. The third-order valence-electron chi connectivity index (χ3n) is 1.32. The number of alkyl halides is 1. The lowest BCUT2D eigenvalue weighted by molar-refractivity contribution is 0.0697. The van der Waals surface area contributed by atoms with Gasteiger partial charge in [-0.15, -0.1) is 0 Å². The molecule has 0 heterocycles. The molecule has 0 bridgehead atoms. The van der Waals surface area contributed by atoms with Gasteiger partial charge in [0.1, 0.15) is 5.75 Å². The van der Waals surface area contributed by atoms with Gasteiger partial charge < -0.3 is 9.84 Å². The molecule has 0 spiro atoms. The average molecular weight is 170 g/mol. The molecule has 1 rings (SSSR count). The molecule has 0 radical (unpaired) electrons. The van der Waals surface area contributed by atoms with Gasteiger partial charge in [-0.1, -0.05) is 0 Å².